The lowest BCUT2D eigenvalue weighted by atomic mass is 9.96. The molecule has 0 aromatic heterocycles. The molecule has 24 heavy (non-hydrogen) atoms. The normalized spacial score (nSPS) is 16.3. The van der Waals surface area contributed by atoms with Crippen molar-refractivity contribution < 1.29 is 23.6 Å². The minimum Gasteiger partial charge on any atom is -0.419 e. The van der Waals surface area contributed by atoms with Crippen molar-refractivity contribution in [2.75, 3.05) is 6.61 Å². The van der Waals surface area contributed by atoms with Gasteiger partial charge >= 0.3 is 11.7 Å². The Labute approximate surface area is 137 Å². The smallest absolute Gasteiger partial charge is 0.314 e. The molecule has 2 aromatic rings. The van der Waals surface area contributed by atoms with E-state index in [0.29, 0.717) is 6.61 Å². The van der Waals surface area contributed by atoms with E-state index in [1.54, 1.807) is 0 Å². The van der Waals surface area contributed by atoms with Crippen LogP contribution in [-0.2, 0) is 16.0 Å². The van der Waals surface area contributed by atoms with Crippen LogP contribution in [0.25, 0.3) is 0 Å². The lowest BCUT2D eigenvalue weighted by Crippen LogP contribution is -2.21. The highest BCUT2D eigenvalue weighted by atomic mass is 19.1. The second kappa shape index (κ2) is 6.76. The molecule has 0 fully saturated rings. The molecule has 0 saturated heterocycles. The van der Waals surface area contributed by atoms with Crippen molar-refractivity contribution in [2.24, 2.45) is 0 Å². The van der Waals surface area contributed by atoms with Gasteiger partial charge in [-0.3, -0.25) is 14.9 Å². The van der Waals surface area contributed by atoms with Gasteiger partial charge < -0.3 is 9.47 Å². The topological polar surface area (TPSA) is 78.7 Å². The first-order valence-electron chi connectivity index (χ1n) is 7.38. The lowest BCUT2D eigenvalue weighted by molar-refractivity contribution is -0.385. The standard InChI is InChI=1S/C17H14FNO5/c18-12-5-6-14(19(21)22)16(9-12)24-17(20)10-15-13-4-2-1-3-11(13)7-8-23-15/h1-6,9,15H,7-8,10H2. The first kappa shape index (κ1) is 16.1. The van der Waals surface area contributed by atoms with Gasteiger partial charge in [0.05, 0.1) is 24.1 Å². The van der Waals surface area contributed by atoms with E-state index in [0.717, 1.165) is 35.7 Å². The number of benzene rings is 2. The molecule has 0 amide bonds. The number of ether oxygens (including phenoxy) is 2. The van der Waals surface area contributed by atoms with E-state index in [1.165, 1.54) is 0 Å². The summed E-state index contributed by atoms with van der Waals surface area (Å²) in [6, 6.07) is 10.3. The summed E-state index contributed by atoms with van der Waals surface area (Å²) >= 11 is 0. The monoisotopic (exact) mass is 331 g/mol. The van der Waals surface area contributed by atoms with Crippen LogP contribution in [0, 0.1) is 15.9 Å². The maximum Gasteiger partial charge on any atom is 0.314 e. The molecule has 1 unspecified atom stereocenters. The summed E-state index contributed by atoms with van der Waals surface area (Å²) in [5.74, 6) is -1.85. The average Bonchev–Trinajstić information content (AvgIpc) is 2.55. The van der Waals surface area contributed by atoms with E-state index >= 15 is 0 Å². The number of nitro benzene ring substituents is 1. The Morgan fingerprint density at radius 2 is 2.12 bits per heavy atom. The van der Waals surface area contributed by atoms with Crippen LogP contribution in [0.5, 0.6) is 5.75 Å². The highest BCUT2D eigenvalue weighted by molar-refractivity contribution is 5.74. The third-order valence-corrected chi connectivity index (χ3v) is 3.79. The van der Waals surface area contributed by atoms with Crippen LogP contribution in [0.1, 0.15) is 23.7 Å². The van der Waals surface area contributed by atoms with Crippen molar-refractivity contribution in [2.45, 2.75) is 18.9 Å². The van der Waals surface area contributed by atoms with Crippen molar-refractivity contribution in [3.63, 3.8) is 0 Å². The number of halogens is 1. The Kier molecular flexibility index (Phi) is 4.52. The number of carbonyl (C=O) groups is 1. The molecule has 1 heterocycles. The van der Waals surface area contributed by atoms with Crippen LogP contribution in [0.4, 0.5) is 10.1 Å². The molecule has 0 aliphatic carbocycles. The number of hydrogen-bond donors (Lipinski definition) is 0. The van der Waals surface area contributed by atoms with E-state index < -0.39 is 34.3 Å². The van der Waals surface area contributed by atoms with E-state index in [1.807, 2.05) is 24.3 Å². The maximum atomic E-state index is 13.3. The Morgan fingerprint density at radius 1 is 1.33 bits per heavy atom. The fraction of sp³-hybridized carbons (Fsp3) is 0.235. The van der Waals surface area contributed by atoms with E-state index in [4.69, 9.17) is 9.47 Å². The van der Waals surface area contributed by atoms with Gasteiger partial charge in [-0.2, -0.15) is 0 Å². The maximum absolute atomic E-state index is 13.3. The predicted molar refractivity (Wildman–Crippen MR) is 82.1 cm³/mol. The number of nitrogens with zero attached hydrogens (tertiary/aromatic N) is 1. The zero-order chi connectivity index (χ0) is 17.1. The Hall–Kier alpha value is -2.80. The SMILES string of the molecule is O=C(CC1OCCc2ccccc21)Oc1cc(F)ccc1[N+](=O)[O-]. The first-order valence-corrected chi connectivity index (χ1v) is 7.38. The average molecular weight is 331 g/mol. The first-order chi connectivity index (χ1) is 11.5. The molecule has 0 saturated carbocycles. The van der Waals surface area contributed by atoms with Gasteiger partial charge in [-0.05, 0) is 23.6 Å². The van der Waals surface area contributed by atoms with Crippen molar-refractivity contribution in [1.82, 2.24) is 0 Å². The van der Waals surface area contributed by atoms with Crippen molar-refractivity contribution in [1.29, 1.82) is 0 Å². The molecular formula is C17H14FNO5. The molecule has 6 nitrogen and oxygen atoms in total. The van der Waals surface area contributed by atoms with Gasteiger partial charge in [0, 0.05) is 12.1 Å². The van der Waals surface area contributed by atoms with Gasteiger partial charge in [0.2, 0.25) is 5.75 Å². The quantitative estimate of drug-likeness (QED) is 0.371. The summed E-state index contributed by atoms with van der Waals surface area (Å²) in [7, 11) is 0. The van der Waals surface area contributed by atoms with Crippen molar-refractivity contribution in [3.05, 3.63) is 69.5 Å². The molecule has 0 radical (unpaired) electrons. The molecule has 1 atom stereocenters. The largest absolute Gasteiger partial charge is 0.419 e. The minimum absolute atomic E-state index is 0.106. The number of rotatable bonds is 4. The van der Waals surface area contributed by atoms with Gasteiger partial charge in [0.15, 0.2) is 0 Å². The second-order valence-electron chi connectivity index (χ2n) is 5.36. The van der Waals surface area contributed by atoms with E-state index in [9.17, 15) is 19.3 Å². The summed E-state index contributed by atoms with van der Waals surface area (Å²) in [4.78, 5) is 22.3. The van der Waals surface area contributed by atoms with Gasteiger partial charge in [0.1, 0.15) is 5.82 Å². The Morgan fingerprint density at radius 3 is 2.92 bits per heavy atom. The number of fused-ring (bicyclic) bond motifs is 1. The van der Waals surface area contributed by atoms with E-state index in [2.05, 4.69) is 0 Å². The van der Waals surface area contributed by atoms with Crippen LogP contribution < -0.4 is 4.74 Å². The number of carbonyl (C=O) groups excluding carboxylic acids is 1. The third-order valence-electron chi connectivity index (χ3n) is 3.79. The summed E-state index contributed by atoms with van der Waals surface area (Å²) in [5, 5.41) is 10.9. The fourth-order valence-corrected chi connectivity index (χ4v) is 2.68. The van der Waals surface area contributed by atoms with E-state index in [-0.39, 0.29) is 6.42 Å². The highest BCUT2D eigenvalue weighted by Gasteiger charge is 2.26. The zero-order valence-corrected chi connectivity index (χ0v) is 12.6. The molecular weight excluding hydrogens is 317 g/mol. The third kappa shape index (κ3) is 3.41. The second-order valence-corrected chi connectivity index (χ2v) is 5.36. The number of esters is 1. The van der Waals surface area contributed by atoms with Crippen LogP contribution in [0.2, 0.25) is 0 Å². The molecule has 1 aliphatic rings. The molecule has 7 heteroatoms. The Balaban J connectivity index is 1.76. The van der Waals surface area contributed by atoms with Crippen LogP contribution in [0.15, 0.2) is 42.5 Å². The fourth-order valence-electron chi connectivity index (χ4n) is 2.68. The Bertz CT molecular complexity index is 792. The summed E-state index contributed by atoms with van der Waals surface area (Å²) < 4.78 is 23.9. The van der Waals surface area contributed by atoms with Crippen molar-refractivity contribution >= 4 is 11.7 Å². The molecule has 2 aromatic carbocycles. The molecule has 1 aliphatic heterocycles. The number of hydrogen-bond acceptors (Lipinski definition) is 5. The minimum atomic E-state index is -0.728. The predicted octanol–water partition coefficient (Wildman–Crippen LogP) is 3.34. The lowest BCUT2D eigenvalue weighted by Gasteiger charge is -2.25. The number of nitro groups is 1. The van der Waals surface area contributed by atoms with Crippen molar-refractivity contribution in [3.8, 4) is 5.75 Å². The molecule has 0 spiro atoms. The molecule has 0 N–H and O–H groups in total. The van der Waals surface area contributed by atoms with Gasteiger partial charge in [-0.1, -0.05) is 24.3 Å². The highest BCUT2D eigenvalue weighted by Crippen LogP contribution is 2.32. The summed E-state index contributed by atoms with van der Waals surface area (Å²) in [6.45, 7) is 0.481. The van der Waals surface area contributed by atoms with Crippen LogP contribution in [-0.4, -0.2) is 17.5 Å². The van der Waals surface area contributed by atoms with Gasteiger partial charge in [0.25, 0.3) is 0 Å². The summed E-state index contributed by atoms with van der Waals surface area (Å²) in [6.07, 6.45) is 0.178. The van der Waals surface area contributed by atoms with Gasteiger partial charge in [-0.15, -0.1) is 0 Å². The van der Waals surface area contributed by atoms with Gasteiger partial charge in [-0.25, -0.2) is 4.39 Å². The molecule has 124 valence electrons. The molecule has 0 bridgehead atoms. The van der Waals surface area contributed by atoms with Crippen LogP contribution >= 0.6 is 0 Å². The van der Waals surface area contributed by atoms with Crippen LogP contribution in [0.3, 0.4) is 0 Å². The summed E-state index contributed by atoms with van der Waals surface area (Å²) in [5.41, 5.74) is 1.53. The zero-order valence-electron chi connectivity index (χ0n) is 12.6. The molecule has 3 rings (SSSR count).